The van der Waals surface area contributed by atoms with Crippen LogP contribution in [0.4, 0.5) is 5.82 Å². The molecule has 0 spiro atoms. The highest BCUT2D eigenvalue weighted by molar-refractivity contribution is 6.76. The van der Waals surface area contributed by atoms with Crippen LogP contribution in [0.2, 0.25) is 6.82 Å². The molecule has 0 radical (unpaired) electrons. The fourth-order valence-corrected chi connectivity index (χ4v) is 3.92. The number of para-hydroxylation sites is 1. The number of anilines is 1. The molecule has 5 rings (SSSR count). The Balaban J connectivity index is 1.74. The van der Waals surface area contributed by atoms with E-state index in [1.54, 1.807) is 6.20 Å². The Bertz CT molecular complexity index is 1410. The number of rotatable bonds is 2. The van der Waals surface area contributed by atoms with E-state index in [0.717, 1.165) is 38.5 Å². The lowest BCUT2D eigenvalue weighted by molar-refractivity contribution is -0.658. The van der Waals surface area contributed by atoms with Gasteiger partial charge in [0.25, 0.3) is 5.82 Å². The number of furan rings is 1. The first kappa shape index (κ1) is 13.8. The lowest BCUT2D eigenvalue weighted by atomic mass is 9.62. The van der Waals surface area contributed by atoms with Gasteiger partial charge in [0, 0.05) is 15.6 Å². The Labute approximate surface area is 169 Å². The Hall–Kier alpha value is -3.27. The van der Waals surface area contributed by atoms with Crippen molar-refractivity contribution in [1.29, 1.82) is 0 Å². The molecule has 28 heavy (non-hydrogen) atoms. The van der Waals surface area contributed by atoms with Crippen molar-refractivity contribution in [3.63, 3.8) is 0 Å². The molecule has 3 nitrogen and oxygen atoms in total. The van der Waals surface area contributed by atoms with E-state index >= 15 is 0 Å². The minimum absolute atomic E-state index is 0.0431. The molecule has 2 aromatic carbocycles. The van der Waals surface area contributed by atoms with Crippen LogP contribution in [0.1, 0.15) is 9.68 Å². The van der Waals surface area contributed by atoms with Gasteiger partial charge in [-0.2, -0.15) is 0 Å². The molecule has 0 amide bonds. The second-order valence-electron chi connectivity index (χ2n) is 7.26. The third kappa shape index (κ3) is 2.64. The second kappa shape index (κ2) is 6.41. The van der Waals surface area contributed by atoms with Gasteiger partial charge in [0.2, 0.25) is 0 Å². The number of pyridine rings is 1. The van der Waals surface area contributed by atoms with Gasteiger partial charge in [0.15, 0.2) is 0 Å². The molecule has 3 heterocycles. The van der Waals surface area contributed by atoms with E-state index in [1.807, 2.05) is 66.2 Å². The molecule has 0 saturated carbocycles. The Kier molecular flexibility index (Phi) is 3.17. The molecule has 0 aliphatic carbocycles. The van der Waals surface area contributed by atoms with Crippen molar-refractivity contribution in [2.45, 2.75) is 13.7 Å². The molecule has 0 unspecified atom stereocenters. The van der Waals surface area contributed by atoms with Gasteiger partial charge in [-0.05, 0) is 42.4 Å². The van der Waals surface area contributed by atoms with E-state index in [4.69, 9.17) is 8.53 Å². The van der Waals surface area contributed by atoms with Crippen molar-refractivity contribution in [2.75, 3.05) is 4.81 Å². The van der Waals surface area contributed by atoms with Crippen molar-refractivity contribution in [3.8, 4) is 11.1 Å². The molecule has 0 N–H and O–H groups in total. The van der Waals surface area contributed by atoms with Crippen LogP contribution in [0.5, 0.6) is 0 Å². The van der Waals surface area contributed by atoms with Crippen LogP contribution in [0.25, 0.3) is 34.3 Å². The molecule has 4 aromatic rings. The predicted molar refractivity (Wildman–Crippen MR) is 116 cm³/mol. The smallest absolute Gasteiger partial charge is 0.405 e. The summed E-state index contributed by atoms with van der Waals surface area (Å²) in [4.78, 5) is 2.17. The third-order valence-electron chi connectivity index (χ3n) is 5.36. The molecule has 0 bridgehead atoms. The SMILES string of the molecule is [2H]C([2H])([2H])c1c[n+](C)c(N2C=c3c(oc4ccccc34)=CB2C)cc1-c1ccccc1. The van der Waals surface area contributed by atoms with Crippen LogP contribution in [0, 0.1) is 6.85 Å². The molecule has 0 fully saturated rings. The minimum Gasteiger partial charge on any atom is -0.457 e. The van der Waals surface area contributed by atoms with Crippen molar-refractivity contribution in [1.82, 2.24) is 0 Å². The number of benzene rings is 2. The zero-order chi connectivity index (χ0) is 21.8. The molecule has 4 heteroatoms. The summed E-state index contributed by atoms with van der Waals surface area (Å²) in [6.07, 6.45) is 3.83. The fourth-order valence-electron chi connectivity index (χ4n) is 3.92. The quantitative estimate of drug-likeness (QED) is 0.399. The topological polar surface area (TPSA) is 20.3 Å². The van der Waals surface area contributed by atoms with Gasteiger partial charge in [0.1, 0.15) is 11.0 Å². The zero-order valence-corrected chi connectivity index (χ0v) is 15.9. The first-order chi connectivity index (χ1) is 14.8. The van der Waals surface area contributed by atoms with E-state index in [2.05, 4.69) is 29.9 Å². The van der Waals surface area contributed by atoms with Crippen LogP contribution in [0.3, 0.4) is 0 Å². The van der Waals surface area contributed by atoms with Gasteiger partial charge in [-0.25, -0.2) is 4.57 Å². The van der Waals surface area contributed by atoms with Gasteiger partial charge in [-0.15, -0.1) is 0 Å². The monoisotopic (exact) mass is 368 g/mol. The van der Waals surface area contributed by atoms with E-state index < -0.39 is 6.85 Å². The number of hydrogen-bond acceptors (Lipinski definition) is 2. The summed E-state index contributed by atoms with van der Waals surface area (Å²) in [5.74, 6) is 3.02. The maximum Gasteiger partial charge on any atom is 0.405 e. The van der Waals surface area contributed by atoms with Crippen molar-refractivity contribution >= 4 is 35.8 Å². The number of aryl methyl sites for hydroxylation is 2. The normalized spacial score (nSPS) is 15.3. The summed E-state index contributed by atoms with van der Waals surface area (Å²) in [6, 6.07) is 19.7. The molecular weight excluding hydrogens is 343 g/mol. The predicted octanol–water partition coefficient (Wildman–Crippen LogP) is 3.43. The molecule has 1 aliphatic rings. The molecule has 0 saturated heterocycles. The highest BCUT2D eigenvalue weighted by Gasteiger charge is 2.30. The summed E-state index contributed by atoms with van der Waals surface area (Å²) in [5.41, 5.74) is 3.68. The number of hydrogen-bond donors (Lipinski definition) is 0. The van der Waals surface area contributed by atoms with Crippen LogP contribution < -0.4 is 20.0 Å². The van der Waals surface area contributed by atoms with E-state index in [9.17, 15) is 0 Å². The first-order valence-electron chi connectivity index (χ1n) is 10.9. The average molecular weight is 368 g/mol. The van der Waals surface area contributed by atoms with Crippen LogP contribution >= 0.6 is 0 Å². The van der Waals surface area contributed by atoms with E-state index in [1.165, 1.54) is 0 Å². The van der Waals surface area contributed by atoms with Gasteiger partial charge >= 0.3 is 6.85 Å². The number of aromatic nitrogens is 1. The third-order valence-corrected chi connectivity index (χ3v) is 5.36. The molecule has 136 valence electrons. The molecule has 0 atom stereocenters. The highest BCUT2D eigenvalue weighted by Crippen LogP contribution is 2.26. The molecular formula is C24H22BN2O+. The molecule has 2 aromatic heterocycles. The van der Waals surface area contributed by atoms with Crippen molar-refractivity contribution in [3.05, 3.63) is 83.1 Å². The van der Waals surface area contributed by atoms with Crippen LogP contribution in [0.15, 0.2) is 71.3 Å². The van der Waals surface area contributed by atoms with Gasteiger partial charge in [0.05, 0.1) is 24.7 Å². The highest BCUT2D eigenvalue weighted by atomic mass is 16.3. The maximum absolute atomic E-state index is 8.06. The van der Waals surface area contributed by atoms with Crippen LogP contribution in [-0.2, 0) is 7.05 Å². The standard InChI is InChI=1S/C24H22BN2O/c1-17-15-26(3)24(13-20(17)18-9-5-4-6-10-18)27-16-21-19-11-7-8-12-22(19)28-23(21)14-25(27)2/h4-16H,1-3H3/q+1/i1D3. The van der Waals surface area contributed by atoms with E-state index in [0.29, 0.717) is 5.56 Å². The Morgan fingerprint density at radius 3 is 2.68 bits per heavy atom. The number of nitrogens with zero attached hydrogens (tertiary/aromatic N) is 2. The first-order valence-corrected chi connectivity index (χ1v) is 9.42. The summed E-state index contributed by atoms with van der Waals surface area (Å²) in [6.45, 7) is -0.0629. The second-order valence-corrected chi connectivity index (χ2v) is 7.26. The summed E-state index contributed by atoms with van der Waals surface area (Å²) < 4.78 is 32.1. The van der Waals surface area contributed by atoms with Gasteiger partial charge < -0.3 is 4.42 Å². The van der Waals surface area contributed by atoms with Crippen LogP contribution in [-0.4, -0.2) is 6.85 Å². The summed E-state index contributed by atoms with van der Waals surface area (Å²) in [5, 5.41) is 2.10. The lowest BCUT2D eigenvalue weighted by Crippen LogP contribution is -2.47. The van der Waals surface area contributed by atoms with Gasteiger partial charge in [-0.3, -0.25) is 4.81 Å². The largest absolute Gasteiger partial charge is 0.457 e. The molecule has 1 aliphatic heterocycles. The Morgan fingerprint density at radius 2 is 1.86 bits per heavy atom. The fraction of sp³-hybridized carbons (Fsp3) is 0.125. The van der Waals surface area contributed by atoms with E-state index in [-0.39, 0.29) is 6.85 Å². The average Bonchev–Trinajstić information content (AvgIpc) is 3.10. The Morgan fingerprint density at radius 1 is 1.07 bits per heavy atom. The lowest BCUT2D eigenvalue weighted by Gasteiger charge is -2.20. The van der Waals surface area contributed by atoms with Crippen molar-refractivity contribution < 1.29 is 13.1 Å². The minimum atomic E-state index is -2.21. The summed E-state index contributed by atoms with van der Waals surface area (Å²) in [7, 11) is 1.89. The summed E-state index contributed by atoms with van der Waals surface area (Å²) >= 11 is 0. The number of fused-ring (bicyclic) bond motifs is 3. The van der Waals surface area contributed by atoms with Crippen molar-refractivity contribution in [2.24, 2.45) is 7.05 Å². The zero-order valence-electron chi connectivity index (χ0n) is 18.9. The maximum atomic E-state index is 8.06. The van der Waals surface area contributed by atoms with Gasteiger partial charge in [-0.1, -0.05) is 48.5 Å².